The van der Waals surface area contributed by atoms with Crippen molar-refractivity contribution < 1.29 is 14.4 Å². The van der Waals surface area contributed by atoms with Gasteiger partial charge in [-0.1, -0.05) is 25.0 Å². The van der Waals surface area contributed by atoms with Crippen LogP contribution in [0, 0.1) is 17.8 Å². The Bertz CT molecular complexity index is 744. The molecular weight excluding hydrogens is 330 g/mol. The molecular formula is C20H25N3O3. The Balaban J connectivity index is 1.36. The van der Waals surface area contributed by atoms with Crippen LogP contribution < -0.4 is 10.6 Å². The van der Waals surface area contributed by atoms with Gasteiger partial charge in [0.15, 0.2) is 0 Å². The van der Waals surface area contributed by atoms with Gasteiger partial charge in [-0.15, -0.1) is 0 Å². The summed E-state index contributed by atoms with van der Waals surface area (Å²) in [5.74, 6) is 1.27. The first-order valence-corrected chi connectivity index (χ1v) is 9.41. The minimum Gasteiger partial charge on any atom is -0.326 e. The molecule has 0 radical (unpaired) electrons. The van der Waals surface area contributed by atoms with Gasteiger partial charge in [0.2, 0.25) is 5.91 Å². The molecule has 1 aliphatic heterocycles. The second kappa shape index (κ2) is 6.11. The van der Waals surface area contributed by atoms with Crippen LogP contribution in [0.5, 0.6) is 0 Å². The van der Waals surface area contributed by atoms with Gasteiger partial charge in [0.1, 0.15) is 5.54 Å². The van der Waals surface area contributed by atoms with Crippen molar-refractivity contribution in [1.82, 2.24) is 10.2 Å². The van der Waals surface area contributed by atoms with Crippen molar-refractivity contribution >= 4 is 23.5 Å². The molecule has 6 heteroatoms. The highest BCUT2D eigenvalue weighted by atomic mass is 16.2. The minimum absolute atomic E-state index is 0.130. The zero-order valence-corrected chi connectivity index (χ0v) is 15.2. The van der Waals surface area contributed by atoms with E-state index in [1.165, 1.54) is 30.6 Å². The third-order valence-electron chi connectivity index (χ3n) is 5.97. The molecule has 1 aromatic carbocycles. The third kappa shape index (κ3) is 2.97. The van der Waals surface area contributed by atoms with Crippen molar-refractivity contribution in [3.63, 3.8) is 0 Å². The zero-order valence-electron chi connectivity index (χ0n) is 15.2. The average Bonchev–Trinajstić information content (AvgIpc) is 3.30. The number of urea groups is 1. The Hall–Kier alpha value is -2.37. The van der Waals surface area contributed by atoms with Gasteiger partial charge in [-0.3, -0.25) is 14.5 Å². The number of hydrogen-bond acceptors (Lipinski definition) is 3. The quantitative estimate of drug-likeness (QED) is 0.815. The molecule has 0 spiro atoms. The third-order valence-corrected chi connectivity index (χ3v) is 5.97. The average molecular weight is 355 g/mol. The van der Waals surface area contributed by atoms with E-state index in [4.69, 9.17) is 0 Å². The van der Waals surface area contributed by atoms with E-state index in [0.29, 0.717) is 11.8 Å². The lowest BCUT2D eigenvalue weighted by atomic mass is 10.0. The summed E-state index contributed by atoms with van der Waals surface area (Å²) in [5.41, 5.74) is 0.760. The number of hydrogen-bond donors (Lipinski definition) is 2. The molecule has 1 aromatic rings. The number of rotatable bonds is 4. The predicted octanol–water partition coefficient (Wildman–Crippen LogP) is 2.89. The molecule has 1 saturated heterocycles. The Morgan fingerprint density at radius 2 is 1.77 bits per heavy atom. The normalized spacial score (nSPS) is 29.2. The van der Waals surface area contributed by atoms with Crippen molar-refractivity contribution in [2.75, 3.05) is 5.32 Å². The van der Waals surface area contributed by atoms with E-state index >= 15 is 0 Å². The van der Waals surface area contributed by atoms with E-state index in [2.05, 4.69) is 10.6 Å². The molecule has 2 N–H and O–H groups in total. The fourth-order valence-corrected chi connectivity index (χ4v) is 4.44. The van der Waals surface area contributed by atoms with Gasteiger partial charge < -0.3 is 10.6 Å². The van der Waals surface area contributed by atoms with Crippen LogP contribution >= 0.6 is 0 Å². The van der Waals surface area contributed by atoms with Crippen molar-refractivity contribution in [3.8, 4) is 0 Å². The van der Waals surface area contributed by atoms with Gasteiger partial charge in [-0.25, -0.2) is 4.79 Å². The molecule has 2 aliphatic carbocycles. The number of nitrogens with one attached hydrogen (secondary N) is 2. The molecule has 6 nitrogen and oxygen atoms in total. The van der Waals surface area contributed by atoms with Crippen molar-refractivity contribution in [1.29, 1.82) is 0 Å². The summed E-state index contributed by atoms with van der Waals surface area (Å²) in [5, 5.41) is 5.69. The highest BCUT2D eigenvalue weighted by Crippen LogP contribution is 2.55. The number of benzene rings is 1. The Labute approximate surface area is 153 Å². The number of imide groups is 1. The first-order valence-electron chi connectivity index (χ1n) is 9.41. The summed E-state index contributed by atoms with van der Waals surface area (Å²) < 4.78 is 0. The van der Waals surface area contributed by atoms with Gasteiger partial charge in [0.05, 0.1) is 6.54 Å². The summed E-state index contributed by atoms with van der Waals surface area (Å²) in [4.78, 5) is 37.9. The number of carbonyl (C=O) groups excluding carboxylic acids is 3. The topological polar surface area (TPSA) is 78.5 Å². The Morgan fingerprint density at radius 1 is 1.15 bits per heavy atom. The largest absolute Gasteiger partial charge is 0.326 e. The first kappa shape index (κ1) is 17.1. The van der Waals surface area contributed by atoms with E-state index in [1.54, 1.807) is 13.8 Å². The fourth-order valence-electron chi connectivity index (χ4n) is 4.44. The van der Waals surface area contributed by atoms with Gasteiger partial charge in [0, 0.05) is 11.6 Å². The summed E-state index contributed by atoms with van der Waals surface area (Å²) in [6, 6.07) is 7.00. The summed E-state index contributed by atoms with van der Waals surface area (Å²) in [6.45, 7) is 3.62. The maximum Gasteiger partial charge on any atom is 0.325 e. The Morgan fingerprint density at radius 3 is 2.31 bits per heavy atom. The molecule has 2 saturated carbocycles. The number of anilines is 1. The molecule has 4 amide bonds. The first-order chi connectivity index (χ1) is 12.4. The molecule has 138 valence electrons. The van der Waals surface area contributed by atoms with E-state index in [1.807, 2.05) is 24.3 Å². The number of amides is 4. The second-order valence-corrected chi connectivity index (χ2v) is 8.27. The molecule has 1 heterocycles. The number of carbonyl (C=O) groups is 3. The summed E-state index contributed by atoms with van der Waals surface area (Å²) in [6.07, 6.45) is 4.87. The molecule has 4 rings (SSSR count). The van der Waals surface area contributed by atoms with E-state index < -0.39 is 5.54 Å². The molecule has 0 bridgehead atoms. The molecule has 26 heavy (non-hydrogen) atoms. The standard InChI is InChI=1S/C20H25N3O3/c1-20(2)18(25)23(19(26)22-20)11-12-7-9-13(10-8-12)21-17(24)16-14-5-3-4-6-15(14)16/h7-10,14-16H,3-6,11H2,1-2H3,(H,21,24)(H,22,26)/t14-,15-/m0/s1. The van der Waals surface area contributed by atoms with E-state index in [9.17, 15) is 14.4 Å². The van der Waals surface area contributed by atoms with Crippen LogP contribution in [0.4, 0.5) is 10.5 Å². The molecule has 2 atom stereocenters. The van der Waals surface area contributed by atoms with Crippen molar-refractivity contribution in [2.24, 2.45) is 17.8 Å². The lowest BCUT2D eigenvalue weighted by Crippen LogP contribution is -2.40. The molecule has 3 aliphatic rings. The maximum absolute atomic E-state index is 12.4. The van der Waals surface area contributed by atoms with Gasteiger partial charge in [0.25, 0.3) is 5.91 Å². The predicted molar refractivity (Wildman–Crippen MR) is 97.2 cm³/mol. The monoisotopic (exact) mass is 355 g/mol. The zero-order chi connectivity index (χ0) is 18.5. The van der Waals surface area contributed by atoms with Crippen LogP contribution in [0.15, 0.2) is 24.3 Å². The van der Waals surface area contributed by atoms with E-state index in [0.717, 1.165) is 11.3 Å². The highest BCUT2D eigenvalue weighted by Gasteiger charge is 2.54. The smallest absolute Gasteiger partial charge is 0.325 e. The fraction of sp³-hybridized carbons (Fsp3) is 0.550. The summed E-state index contributed by atoms with van der Waals surface area (Å²) >= 11 is 0. The molecule has 0 aromatic heterocycles. The van der Waals surface area contributed by atoms with Crippen molar-refractivity contribution in [2.45, 2.75) is 51.6 Å². The maximum atomic E-state index is 12.4. The number of nitrogens with zero attached hydrogens (tertiary/aromatic N) is 1. The van der Waals surface area contributed by atoms with Crippen LogP contribution in [-0.2, 0) is 16.1 Å². The Kier molecular flexibility index (Phi) is 4.01. The van der Waals surface area contributed by atoms with Crippen LogP contribution in [0.25, 0.3) is 0 Å². The van der Waals surface area contributed by atoms with Crippen LogP contribution in [0.1, 0.15) is 45.1 Å². The molecule has 0 unspecified atom stereocenters. The van der Waals surface area contributed by atoms with Crippen LogP contribution in [-0.4, -0.2) is 28.3 Å². The van der Waals surface area contributed by atoms with Crippen molar-refractivity contribution in [3.05, 3.63) is 29.8 Å². The van der Waals surface area contributed by atoms with Gasteiger partial charge >= 0.3 is 6.03 Å². The second-order valence-electron chi connectivity index (χ2n) is 8.27. The van der Waals surface area contributed by atoms with Crippen LogP contribution in [0.2, 0.25) is 0 Å². The van der Waals surface area contributed by atoms with Crippen LogP contribution in [0.3, 0.4) is 0 Å². The lowest BCUT2D eigenvalue weighted by molar-refractivity contribution is -0.130. The summed E-state index contributed by atoms with van der Waals surface area (Å²) in [7, 11) is 0. The molecule has 3 fully saturated rings. The number of fused-ring (bicyclic) bond motifs is 1. The van der Waals surface area contributed by atoms with Gasteiger partial charge in [-0.05, 0) is 56.2 Å². The lowest BCUT2D eigenvalue weighted by Gasteiger charge is -2.16. The highest BCUT2D eigenvalue weighted by molar-refractivity contribution is 6.06. The SMILES string of the molecule is CC1(C)NC(=O)N(Cc2ccc(NC(=O)C3[C@H]4CCCC[C@H]34)cc2)C1=O. The van der Waals surface area contributed by atoms with E-state index in [-0.39, 0.29) is 30.3 Å². The minimum atomic E-state index is -0.855. The van der Waals surface area contributed by atoms with Gasteiger partial charge in [-0.2, -0.15) is 0 Å².